The molecule has 0 bridgehead atoms. The Bertz CT molecular complexity index is 778. The second-order valence-electron chi connectivity index (χ2n) is 8.81. The maximum atomic E-state index is 12.3. The third-order valence-electron chi connectivity index (χ3n) is 7.18. The Morgan fingerprint density at radius 1 is 1.14 bits per heavy atom. The van der Waals surface area contributed by atoms with Gasteiger partial charge >= 0.3 is 6.09 Å². The summed E-state index contributed by atoms with van der Waals surface area (Å²) in [7, 11) is 0. The molecule has 0 atom stereocenters. The van der Waals surface area contributed by atoms with Gasteiger partial charge in [0.25, 0.3) is 0 Å². The van der Waals surface area contributed by atoms with Crippen molar-refractivity contribution in [1.82, 2.24) is 9.80 Å². The zero-order chi connectivity index (χ0) is 20.6. The van der Waals surface area contributed by atoms with E-state index in [9.17, 15) is 9.59 Å². The van der Waals surface area contributed by atoms with E-state index in [1.807, 2.05) is 16.7 Å². The molecule has 1 spiro atoms. The number of piperidine rings is 2. The van der Waals surface area contributed by atoms with E-state index in [4.69, 9.17) is 4.74 Å². The van der Waals surface area contributed by atoms with Gasteiger partial charge in [-0.2, -0.15) is 0 Å². The van der Waals surface area contributed by atoms with Gasteiger partial charge in [0, 0.05) is 38.0 Å². The lowest BCUT2D eigenvalue weighted by atomic mass is 9.73. The molecule has 0 radical (unpaired) electrons. The summed E-state index contributed by atoms with van der Waals surface area (Å²) >= 11 is 0. The smallest absolute Gasteiger partial charge is 0.409 e. The third kappa shape index (κ3) is 3.63. The van der Waals surface area contributed by atoms with Crippen LogP contribution in [0.4, 0.5) is 10.5 Å². The van der Waals surface area contributed by atoms with Crippen LogP contribution in [0.2, 0.25) is 0 Å². The van der Waals surface area contributed by atoms with Gasteiger partial charge in [0.1, 0.15) is 0 Å². The minimum absolute atomic E-state index is 0.0924. The maximum Gasteiger partial charge on any atom is 0.409 e. The summed E-state index contributed by atoms with van der Waals surface area (Å²) in [4.78, 5) is 30.7. The minimum atomic E-state index is -0.175. The first kappa shape index (κ1) is 20.2. The molecule has 6 nitrogen and oxygen atoms in total. The van der Waals surface area contributed by atoms with E-state index in [1.165, 1.54) is 11.1 Å². The molecule has 0 saturated carbocycles. The number of nitrogens with zero attached hydrogens (tertiary/aromatic N) is 3. The molecular weight excluding hydrogens is 366 g/mol. The lowest BCUT2D eigenvalue weighted by Gasteiger charge is -2.45. The van der Waals surface area contributed by atoms with Crippen molar-refractivity contribution in [3.8, 4) is 0 Å². The molecule has 2 saturated heterocycles. The van der Waals surface area contributed by atoms with Crippen LogP contribution >= 0.6 is 0 Å². The Morgan fingerprint density at radius 3 is 2.45 bits per heavy atom. The molecule has 3 aliphatic rings. The van der Waals surface area contributed by atoms with Gasteiger partial charge < -0.3 is 19.4 Å². The summed E-state index contributed by atoms with van der Waals surface area (Å²) in [5.74, 6) is 0.145. The lowest BCUT2D eigenvalue weighted by molar-refractivity contribution is -0.116. The second-order valence-corrected chi connectivity index (χ2v) is 8.81. The van der Waals surface area contributed by atoms with Crippen LogP contribution in [0.25, 0.3) is 0 Å². The van der Waals surface area contributed by atoms with Crippen LogP contribution in [0.3, 0.4) is 0 Å². The van der Waals surface area contributed by atoms with Gasteiger partial charge in [0.2, 0.25) is 5.91 Å². The molecule has 6 heteroatoms. The maximum absolute atomic E-state index is 12.3. The first-order valence-electron chi connectivity index (χ1n) is 11.0. The molecule has 0 aromatic heterocycles. The van der Waals surface area contributed by atoms with Gasteiger partial charge in [-0.15, -0.1) is 0 Å². The Labute approximate surface area is 173 Å². The monoisotopic (exact) mass is 399 g/mol. The SMILES string of the molecule is CCOC(=O)N1CCC(N2CCC3(CC2)CN(C(C)=O)c2c(C)cccc23)CC1. The first-order valence-corrected chi connectivity index (χ1v) is 11.0. The highest BCUT2D eigenvalue weighted by atomic mass is 16.6. The normalized spacial score (nSPS) is 22.0. The van der Waals surface area contributed by atoms with Gasteiger partial charge in [-0.05, 0) is 63.7 Å². The zero-order valence-corrected chi connectivity index (χ0v) is 17.9. The number of hydrogen-bond acceptors (Lipinski definition) is 4. The van der Waals surface area contributed by atoms with Gasteiger partial charge in [-0.3, -0.25) is 4.79 Å². The molecule has 3 aliphatic heterocycles. The molecule has 1 aromatic rings. The minimum Gasteiger partial charge on any atom is -0.450 e. The van der Waals surface area contributed by atoms with Crippen LogP contribution in [0.15, 0.2) is 18.2 Å². The van der Waals surface area contributed by atoms with Gasteiger partial charge in [-0.1, -0.05) is 18.2 Å². The number of ether oxygens (including phenoxy) is 1. The van der Waals surface area contributed by atoms with Gasteiger partial charge in [0.05, 0.1) is 12.3 Å². The number of anilines is 1. The number of carbonyl (C=O) groups is 2. The molecule has 0 N–H and O–H groups in total. The summed E-state index contributed by atoms with van der Waals surface area (Å²) in [5, 5.41) is 0. The topological polar surface area (TPSA) is 53.1 Å². The summed E-state index contributed by atoms with van der Waals surface area (Å²) < 4.78 is 5.14. The van der Waals surface area contributed by atoms with E-state index >= 15 is 0 Å². The number of carbonyl (C=O) groups excluding carboxylic acids is 2. The van der Waals surface area contributed by atoms with Crippen LogP contribution in [0.5, 0.6) is 0 Å². The first-order chi connectivity index (χ1) is 13.9. The van der Waals surface area contributed by atoms with Crippen LogP contribution in [0, 0.1) is 6.92 Å². The number of benzene rings is 1. The average molecular weight is 400 g/mol. The third-order valence-corrected chi connectivity index (χ3v) is 7.18. The molecule has 1 aromatic carbocycles. The number of likely N-dealkylation sites (tertiary alicyclic amines) is 2. The number of amides is 2. The largest absolute Gasteiger partial charge is 0.450 e. The van der Waals surface area contributed by atoms with Gasteiger partial charge in [0.15, 0.2) is 0 Å². The quantitative estimate of drug-likeness (QED) is 0.766. The van der Waals surface area contributed by atoms with Crippen molar-refractivity contribution < 1.29 is 14.3 Å². The number of para-hydroxylation sites is 1. The fourth-order valence-electron chi connectivity index (χ4n) is 5.55. The highest BCUT2D eigenvalue weighted by molar-refractivity contribution is 5.95. The van der Waals surface area contributed by atoms with E-state index in [0.29, 0.717) is 12.6 Å². The highest BCUT2D eigenvalue weighted by Crippen LogP contribution is 2.48. The van der Waals surface area contributed by atoms with Crippen LogP contribution in [-0.2, 0) is 14.9 Å². The molecule has 0 aliphatic carbocycles. The second kappa shape index (κ2) is 7.98. The summed E-state index contributed by atoms with van der Waals surface area (Å²) in [6.07, 6.45) is 4.03. The van der Waals surface area contributed by atoms with Crippen molar-refractivity contribution in [1.29, 1.82) is 0 Å². The van der Waals surface area contributed by atoms with Crippen molar-refractivity contribution in [3.05, 3.63) is 29.3 Å². The van der Waals surface area contributed by atoms with Crippen molar-refractivity contribution in [2.75, 3.05) is 44.2 Å². The predicted octanol–water partition coefficient (Wildman–Crippen LogP) is 3.32. The molecule has 4 rings (SSSR count). The number of fused-ring (bicyclic) bond motifs is 2. The van der Waals surface area contributed by atoms with E-state index < -0.39 is 0 Å². The van der Waals surface area contributed by atoms with Crippen molar-refractivity contribution in [3.63, 3.8) is 0 Å². The summed E-state index contributed by atoms with van der Waals surface area (Å²) in [6, 6.07) is 7.02. The predicted molar refractivity (Wildman–Crippen MR) is 113 cm³/mol. The Balaban J connectivity index is 1.41. The lowest BCUT2D eigenvalue weighted by Crippen LogP contribution is -2.52. The summed E-state index contributed by atoms with van der Waals surface area (Å²) in [6.45, 7) is 10.6. The van der Waals surface area contributed by atoms with E-state index in [-0.39, 0.29) is 17.4 Å². The van der Waals surface area contributed by atoms with Crippen LogP contribution in [-0.4, -0.2) is 67.2 Å². The van der Waals surface area contributed by atoms with Gasteiger partial charge in [-0.25, -0.2) is 4.79 Å². The number of rotatable bonds is 2. The van der Waals surface area contributed by atoms with E-state index in [0.717, 1.165) is 64.1 Å². The molecule has 0 unspecified atom stereocenters. The van der Waals surface area contributed by atoms with Crippen molar-refractivity contribution >= 4 is 17.7 Å². The number of hydrogen-bond donors (Lipinski definition) is 0. The van der Waals surface area contributed by atoms with Crippen LogP contribution < -0.4 is 4.90 Å². The Morgan fingerprint density at radius 2 is 1.83 bits per heavy atom. The molecular formula is C23H33N3O3. The molecule has 29 heavy (non-hydrogen) atoms. The van der Waals surface area contributed by atoms with Crippen molar-refractivity contribution in [2.45, 2.75) is 57.9 Å². The molecule has 158 valence electrons. The standard InChI is InChI=1S/C23H33N3O3/c1-4-29-22(28)25-12-8-19(9-13-25)24-14-10-23(11-15-24)16-26(18(3)27)21-17(2)6-5-7-20(21)23/h5-7,19H,4,8-16H2,1-3H3. The molecule has 3 heterocycles. The highest BCUT2D eigenvalue weighted by Gasteiger charge is 2.47. The Hall–Kier alpha value is -2.08. The van der Waals surface area contributed by atoms with E-state index in [1.54, 1.807) is 6.92 Å². The van der Waals surface area contributed by atoms with E-state index in [2.05, 4.69) is 30.0 Å². The molecule has 2 fully saturated rings. The fraction of sp³-hybridized carbons (Fsp3) is 0.652. The average Bonchev–Trinajstić information content (AvgIpc) is 3.05. The van der Waals surface area contributed by atoms with Crippen molar-refractivity contribution in [2.24, 2.45) is 0 Å². The number of aryl methyl sites for hydroxylation is 1. The summed E-state index contributed by atoms with van der Waals surface area (Å²) in [5.41, 5.74) is 3.80. The zero-order valence-electron chi connectivity index (χ0n) is 17.9. The Kier molecular flexibility index (Phi) is 5.56. The fourth-order valence-corrected chi connectivity index (χ4v) is 5.55. The molecule has 2 amide bonds. The van der Waals surface area contributed by atoms with Crippen LogP contribution in [0.1, 0.15) is 50.7 Å².